The van der Waals surface area contributed by atoms with Crippen LogP contribution >= 0.6 is 0 Å². The summed E-state index contributed by atoms with van der Waals surface area (Å²) in [6.07, 6.45) is 1.03. The van der Waals surface area contributed by atoms with Gasteiger partial charge in [0.15, 0.2) is 0 Å². The summed E-state index contributed by atoms with van der Waals surface area (Å²) in [6.45, 7) is 1.87. The summed E-state index contributed by atoms with van der Waals surface area (Å²) in [6, 6.07) is 17.2. The summed E-state index contributed by atoms with van der Waals surface area (Å²) in [5.74, 6) is -0.342. The van der Waals surface area contributed by atoms with Crippen LogP contribution in [-0.4, -0.2) is 37.2 Å². The predicted octanol–water partition coefficient (Wildman–Crippen LogP) is 2.81. The molecule has 1 atom stereocenters. The van der Waals surface area contributed by atoms with Gasteiger partial charge in [-0.1, -0.05) is 0 Å². The topological polar surface area (TPSA) is 74.4 Å². The van der Waals surface area contributed by atoms with Crippen molar-refractivity contribution in [3.8, 4) is 0 Å². The van der Waals surface area contributed by atoms with Crippen LogP contribution in [0.15, 0.2) is 59.4 Å². The number of carbonyl (C=O) groups is 1. The number of fused-ring (bicyclic) bond motifs is 1. The Hall–Kier alpha value is -3.12. The van der Waals surface area contributed by atoms with Crippen LogP contribution in [0.4, 0.5) is 11.4 Å². The van der Waals surface area contributed by atoms with Gasteiger partial charge in [0.2, 0.25) is 5.56 Å². The van der Waals surface area contributed by atoms with Crippen LogP contribution in [-0.2, 0) is 4.74 Å². The Morgan fingerprint density at radius 2 is 1.85 bits per heavy atom. The van der Waals surface area contributed by atoms with E-state index in [4.69, 9.17) is 4.74 Å². The fraction of sp³-hybridized carbons (Fsp3) is 0.238. The second kappa shape index (κ2) is 7.25. The van der Waals surface area contributed by atoms with E-state index in [2.05, 4.69) is 21.3 Å². The number of anilines is 2. The first-order valence-electron chi connectivity index (χ1n) is 8.97. The van der Waals surface area contributed by atoms with Crippen LogP contribution in [0.1, 0.15) is 16.8 Å². The Bertz CT molecular complexity index is 1020. The van der Waals surface area contributed by atoms with Crippen molar-refractivity contribution in [1.82, 2.24) is 10.3 Å². The molecule has 138 valence electrons. The minimum Gasteiger partial charge on any atom is -0.465 e. The number of aromatic amines is 1. The lowest BCUT2D eigenvalue weighted by Crippen LogP contribution is -2.33. The van der Waals surface area contributed by atoms with Crippen LogP contribution in [0.2, 0.25) is 0 Å². The first-order chi connectivity index (χ1) is 13.2. The van der Waals surface area contributed by atoms with Gasteiger partial charge in [0.05, 0.1) is 12.7 Å². The lowest BCUT2D eigenvalue weighted by molar-refractivity contribution is 0.0601. The minimum atomic E-state index is -0.342. The van der Waals surface area contributed by atoms with Crippen molar-refractivity contribution in [3.05, 3.63) is 70.5 Å². The van der Waals surface area contributed by atoms with Crippen LogP contribution < -0.4 is 15.8 Å². The molecule has 1 aromatic heterocycles. The Balaban J connectivity index is 1.76. The van der Waals surface area contributed by atoms with E-state index in [1.165, 1.54) is 7.11 Å². The molecule has 2 N–H and O–H groups in total. The van der Waals surface area contributed by atoms with Gasteiger partial charge < -0.3 is 19.9 Å². The molecule has 0 bridgehead atoms. The van der Waals surface area contributed by atoms with Gasteiger partial charge >= 0.3 is 5.97 Å². The summed E-state index contributed by atoms with van der Waals surface area (Å²) < 4.78 is 4.79. The SMILES string of the molecule is COC(=O)c1ccc(N(c2ccc3[nH]c(=O)ccc3c2)C2CCNC2)cc1. The van der Waals surface area contributed by atoms with Crippen molar-refractivity contribution >= 4 is 28.2 Å². The summed E-state index contributed by atoms with van der Waals surface area (Å²) in [4.78, 5) is 28.4. The maximum absolute atomic E-state index is 11.7. The molecule has 4 rings (SSSR count). The monoisotopic (exact) mass is 363 g/mol. The Kier molecular flexibility index (Phi) is 4.64. The van der Waals surface area contributed by atoms with Gasteiger partial charge in [-0.3, -0.25) is 4.79 Å². The van der Waals surface area contributed by atoms with E-state index < -0.39 is 0 Å². The number of methoxy groups -OCH3 is 1. The van der Waals surface area contributed by atoms with Crippen LogP contribution in [0.3, 0.4) is 0 Å². The number of aromatic nitrogens is 1. The van der Waals surface area contributed by atoms with Crippen molar-refractivity contribution in [2.24, 2.45) is 0 Å². The van der Waals surface area contributed by atoms with Gasteiger partial charge in [-0.25, -0.2) is 4.79 Å². The van der Waals surface area contributed by atoms with Crippen molar-refractivity contribution < 1.29 is 9.53 Å². The largest absolute Gasteiger partial charge is 0.465 e. The highest BCUT2D eigenvalue weighted by molar-refractivity contribution is 5.90. The number of nitrogens with zero attached hydrogens (tertiary/aromatic N) is 1. The molecule has 2 heterocycles. The molecule has 3 aromatic rings. The molecule has 0 aliphatic carbocycles. The van der Waals surface area contributed by atoms with Gasteiger partial charge in [-0.15, -0.1) is 0 Å². The molecule has 6 nitrogen and oxygen atoms in total. The summed E-state index contributed by atoms with van der Waals surface area (Å²) in [5, 5.41) is 4.39. The van der Waals surface area contributed by atoms with E-state index in [0.29, 0.717) is 11.6 Å². The number of rotatable bonds is 4. The average molecular weight is 363 g/mol. The highest BCUT2D eigenvalue weighted by Crippen LogP contribution is 2.32. The maximum Gasteiger partial charge on any atom is 0.337 e. The van der Waals surface area contributed by atoms with E-state index >= 15 is 0 Å². The molecule has 27 heavy (non-hydrogen) atoms. The molecule has 1 saturated heterocycles. The molecule has 1 fully saturated rings. The molecule has 0 amide bonds. The number of hydrogen-bond donors (Lipinski definition) is 2. The first kappa shape index (κ1) is 17.3. The normalized spacial score (nSPS) is 16.4. The van der Waals surface area contributed by atoms with Gasteiger partial charge in [0.1, 0.15) is 0 Å². The number of pyridine rings is 1. The fourth-order valence-corrected chi connectivity index (χ4v) is 3.60. The molecular formula is C21H21N3O3. The van der Waals surface area contributed by atoms with Crippen LogP contribution in [0.5, 0.6) is 0 Å². The third-order valence-electron chi connectivity index (χ3n) is 4.95. The van der Waals surface area contributed by atoms with Crippen molar-refractivity contribution in [3.63, 3.8) is 0 Å². The van der Waals surface area contributed by atoms with Gasteiger partial charge in [0, 0.05) is 40.9 Å². The van der Waals surface area contributed by atoms with Crippen LogP contribution in [0, 0.1) is 0 Å². The molecule has 1 aliphatic rings. The second-order valence-corrected chi connectivity index (χ2v) is 6.65. The second-order valence-electron chi connectivity index (χ2n) is 6.65. The summed E-state index contributed by atoms with van der Waals surface area (Å²) in [7, 11) is 1.38. The number of carbonyl (C=O) groups excluding carboxylic acids is 1. The molecule has 0 saturated carbocycles. The van der Waals surface area contributed by atoms with Gasteiger partial charge in [-0.05, 0) is 61.5 Å². The molecule has 0 spiro atoms. The lowest BCUT2D eigenvalue weighted by Gasteiger charge is -2.31. The molecule has 2 aromatic carbocycles. The molecule has 1 unspecified atom stereocenters. The zero-order valence-electron chi connectivity index (χ0n) is 15.1. The van der Waals surface area contributed by atoms with E-state index in [1.54, 1.807) is 18.2 Å². The van der Waals surface area contributed by atoms with Gasteiger partial charge in [0.25, 0.3) is 0 Å². The number of H-pyrrole nitrogens is 1. The van der Waals surface area contributed by atoms with Crippen LogP contribution in [0.25, 0.3) is 10.9 Å². The summed E-state index contributed by atoms with van der Waals surface area (Å²) in [5.41, 5.74) is 3.30. The maximum atomic E-state index is 11.7. The lowest BCUT2D eigenvalue weighted by atomic mass is 10.1. The van der Waals surface area contributed by atoms with Gasteiger partial charge in [-0.2, -0.15) is 0 Å². The highest BCUT2D eigenvalue weighted by Gasteiger charge is 2.24. The third-order valence-corrected chi connectivity index (χ3v) is 4.95. The first-order valence-corrected chi connectivity index (χ1v) is 8.97. The summed E-state index contributed by atoms with van der Waals surface area (Å²) >= 11 is 0. The Morgan fingerprint density at radius 1 is 1.07 bits per heavy atom. The van der Waals surface area contributed by atoms with Crippen molar-refractivity contribution in [2.75, 3.05) is 25.1 Å². The molecule has 6 heteroatoms. The van der Waals surface area contributed by atoms with E-state index in [9.17, 15) is 9.59 Å². The van der Waals surface area contributed by atoms with E-state index in [1.807, 2.05) is 30.3 Å². The van der Waals surface area contributed by atoms with E-state index in [0.717, 1.165) is 41.8 Å². The van der Waals surface area contributed by atoms with E-state index in [-0.39, 0.29) is 11.5 Å². The standard InChI is InChI=1S/C21H21N3O3/c1-27-21(26)14-2-5-16(6-3-14)24(18-10-11-22-13-18)17-7-8-19-15(12-17)4-9-20(25)23-19/h2-9,12,18,22H,10-11,13H2,1H3,(H,23,25). The Morgan fingerprint density at radius 3 is 2.56 bits per heavy atom. The molecular weight excluding hydrogens is 342 g/mol. The molecule has 1 aliphatic heterocycles. The van der Waals surface area contributed by atoms with Crippen molar-refractivity contribution in [2.45, 2.75) is 12.5 Å². The number of nitrogens with one attached hydrogen (secondary N) is 2. The molecule has 0 radical (unpaired) electrons. The predicted molar refractivity (Wildman–Crippen MR) is 106 cm³/mol. The quantitative estimate of drug-likeness (QED) is 0.697. The minimum absolute atomic E-state index is 0.106. The number of ether oxygens (including phenoxy) is 1. The number of hydrogen-bond acceptors (Lipinski definition) is 5. The Labute approximate surface area is 156 Å². The highest BCUT2D eigenvalue weighted by atomic mass is 16.5. The zero-order chi connectivity index (χ0) is 18.8. The zero-order valence-corrected chi connectivity index (χ0v) is 15.1. The number of esters is 1. The fourth-order valence-electron chi connectivity index (χ4n) is 3.60. The number of benzene rings is 2. The smallest absolute Gasteiger partial charge is 0.337 e. The third kappa shape index (κ3) is 3.44. The van der Waals surface area contributed by atoms with Crippen molar-refractivity contribution in [1.29, 1.82) is 0 Å². The average Bonchev–Trinajstić information content (AvgIpc) is 3.22.